The lowest BCUT2D eigenvalue weighted by atomic mass is 9.96. The maximum atomic E-state index is 14.0. The number of likely N-dealkylation sites (N-methyl/N-ethyl adjacent to an activating group) is 1. The fourth-order valence-electron chi connectivity index (χ4n) is 4.63. The maximum Gasteiger partial charge on any atom is 0.338 e. The highest BCUT2D eigenvalue weighted by atomic mass is 32.1. The Bertz CT molecular complexity index is 1730. The van der Waals surface area contributed by atoms with E-state index >= 15 is 0 Å². The first kappa shape index (κ1) is 25.1. The summed E-state index contributed by atoms with van der Waals surface area (Å²) in [6, 6.07) is 12.9. The van der Waals surface area contributed by atoms with Crippen molar-refractivity contribution in [2.24, 2.45) is 4.99 Å². The smallest absolute Gasteiger partial charge is 0.338 e. The molecule has 0 spiro atoms. The highest BCUT2D eigenvalue weighted by molar-refractivity contribution is 7.07. The van der Waals surface area contributed by atoms with Gasteiger partial charge < -0.3 is 14.4 Å². The lowest BCUT2D eigenvalue weighted by Gasteiger charge is -2.24. The minimum atomic E-state index is -0.881. The van der Waals surface area contributed by atoms with Gasteiger partial charge in [0.2, 0.25) is 0 Å². The Morgan fingerprint density at radius 3 is 2.53 bits per heavy atom. The van der Waals surface area contributed by atoms with Gasteiger partial charge in [0.05, 0.1) is 28.6 Å². The average molecular weight is 530 g/mol. The Hall–Kier alpha value is -4.57. The van der Waals surface area contributed by atoms with E-state index in [1.54, 1.807) is 44.3 Å². The molecule has 2 aliphatic rings. The van der Waals surface area contributed by atoms with Crippen molar-refractivity contribution in [1.82, 2.24) is 4.57 Å². The van der Waals surface area contributed by atoms with Crippen LogP contribution in [0.15, 0.2) is 82.2 Å². The Labute approximate surface area is 221 Å². The number of carbonyl (C=O) groups is 3. The van der Waals surface area contributed by atoms with Crippen molar-refractivity contribution in [3.05, 3.63) is 103 Å². The van der Waals surface area contributed by atoms with E-state index < -0.39 is 23.5 Å². The molecule has 2 aromatic carbocycles. The maximum absolute atomic E-state index is 14.0. The Balaban J connectivity index is 1.76. The number of thiazole rings is 1. The highest BCUT2D eigenvalue weighted by Gasteiger charge is 2.36. The van der Waals surface area contributed by atoms with Crippen LogP contribution in [0.25, 0.3) is 5.57 Å². The zero-order valence-electron chi connectivity index (χ0n) is 20.9. The van der Waals surface area contributed by atoms with Crippen LogP contribution in [-0.2, 0) is 19.1 Å². The van der Waals surface area contributed by atoms with E-state index in [0.29, 0.717) is 38.6 Å². The van der Waals surface area contributed by atoms with Crippen LogP contribution in [0.2, 0.25) is 0 Å². The first-order valence-electron chi connectivity index (χ1n) is 11.7. The van der Waals surface area contributed by atoms with E-state index in [1.165, 1.54) is 22.5 Å². The molecule has 2 aliphatic heterocycles. The molecule has 0 fully saturated rings. The van der Waals surface area contributed by atoms with Gasteiger partial charge in [-0.15, -0.1) is 0 Å². The number of hydrogen-bond donors (Lipinski definition) is 0. The average Bonchev–Trinajstić information content (AvgIpc) is 3.34. The summed E-state index contributed by atoms with van der Waals surface area (Å²) in [7, 11) is 1.66. The molecule has 192 valence electrons. The highest BCUT2D eigenvalue weighted by Crippen LogP contribution is 2.35. The zero-order chi connectivity index (χ0) is 27.1. The van der Waals surface area contributed by atoms with Gasteiger partial charge in [-0.05, 0) is 30.7 Å². The van der Waals surface area contributed by atoms with Crippen LogP contribution >= 0.6 is 11.3 Å². The van der Waals surface area contributed by atoms with Crippen LogP contribution in [-0.4, -0.2) is 36.1 Å². The van der Waals surface area contributed by atoms with Gasteiger partial charge in [-0.3, -0.25) is 19.0 Å². The first-order chi connectivity index (χ1) is 18.2. The number of esters is 2. The number of rotatable bonds is 5. The largest absolute Gasteiger partial charge is 0.458 e. The first-order valence-corrected chi connectivity index (χ1v) is 12.5. The number of para-hydroxylation sites is 1. The van der Waals surface area contributed by atoms with E-state index in [9.17, 15) is 19.2 Å². The molecule has 0 radical (unpaired) electrons. The fraction of sp³-hybridized carbons (Fsp3) is 0.179. The number of hydrogen-bond acceptors (Lipinski definition) is 8. The number of carbonyl (C=O) groups excluding carboxylic acids is 3. The van der Waals surface area contributed by atoms with Gasteiger partial charge in [-0.2, -0.15) is 0 Å². The molecule has 1 atom stereocenters. The van der Waals surface area contributed by atoms with Crippen molar-refractivity contribution in [2.75, 3.05) is 18.6 Å². The standard InChI is InChI=1S/C28H23N3O6S/c1-5-14-36-27(35)21-15(2)29-28-31(23(21)17-10-12-18(13-11-17)37-16(3)32)26(34)24(38-28)22-19-8-6-7-9-20(19)30(4)25(22)33/h5-13,23H,1,14H2,2-4H3/b24-22-/t23-/m1/s1. The van der Waals surface area contributed by atoms with Gasteiger partial charge >= 0.3 is 11.9 Å². The third kappa shape index (κ3) is 4.08. The lowest BCUT2D eigenvalue weighted by molar-refractivity contribution is -0.138. The van der Waals surface area contributed by atoms with Gasteiger partial charge in [-0.25, -0.2) is 9.79 Å². The quantitative estimate of drug-likeness (QED) is 0.285. The number of fused-ring (bicyclic) bond motifs is 2. The van der Waals surface area contributed by atoms with Gasteiger partial charge in [0.25, 0.3) is 11.5 Å². The van der Waals surface area contributed by atoms with Crippen molar-refractivity contribution in [3.8, 4) is 5.75 Å². The van der Waals surface area contributed by atoms with Crippen LogP contribution in [0.3, 0.4) is 0 Å². The molecular weight excluding hydrogens is 506 g/mol. The Morgan fingerprint density at radius 2 is 1.84 bits per heavy atom. The molecule has 38 heavy (non-hydrogen) atoms. The van der Waals surface area contributed by atoms with Crippen LogP contribution in [0, 0.1) is 0 Å². The number of benzene rings is 2. The van der Waals surface area contributed by atoms with E-state index in [1.807, 2.05) is 18.2 Å². The number of amides is 1. The second-order valence-electron chi connectivity index (χ2n) is 8.71. The molecule has 10 heteroatoms. The van der Waals surface area contributed by atoms with E-state index in [-0.39, 0.29) is 22.6 Å². The summed E-state index contributed by atoms with van der Waals surface area (Å²) in [4.78, 5) is 58.2. The minimum Gasteiger partial charge on any atom is -0.458 e. The molecule has 0 aliphatic carbocycles. The molecule has 3 heterocycles. The monoisotopic (exact) mass is 529 g/mol. The normalized spacial score (nSPS) is 17.5. The van der Waals surface area contributed by atoms with Crippen molar-refractivity contribution >= 4 is 40.4 Å². The lowest BCUT2D eigenvalue weighted by Crippen LogP contribution is -2.40. The molecule has 1 amide bonds. The molecule has 5 rings (SSSR count). The van der Waals surface area contributed by atoms with Crippen molar-refractivity contribution in [1.29, 1.82) is 0 Å². The third-order valence-corrected chi connectivity index (χ3v) is 7.34. The van der Waals surface area contributed by atoms with E-state index in [4.69, 9.17) is 9.47 Å². The topological polar surface area (TPSA) is 107 Å². The summed E-state index contributed by atoms with van der Waals surface area (Å²) in [6.07, 6.45) is 1.45. The summed E-state index contributed by atoms with van der Waals surface area (Å²) in [5.41, 5.74) is 2.38. The second kappa shape index (κ2) is 9.71. The summed E-state index contributed by atoms with van der Waals surface area (Å²) >= 11 is 1.10. The molecule has 0 saturated heterocycles. The summed E-state index contributed by atoms with van der Waals surface area (Å²) in [5, 5.41) is 0. The fourth-order valence-corrected chi connectivity index (χ4v) is 5.77. The van der Waals surface area contributed by atoms with Gasteiger partial charge in [0.15, 0.2) is 4.80 Å². The molecular formula is C28H23N3O6S. The Morgan fingerprint density at radius 1 is 1.13 bits per heavy atom. The molecule has 0 unspecified atom stereocenters. The van der Waals surface area contributed by atoms with Crippen molar-refractivity contribution in [2.45, 2.75) is 19.9 Å². The molecule has 0 saturated carbocycles. The van der Waals surface area contributed by atoms with Gasteiger partial charge in [0, 0.05) is 19.5 Å². The van der Waals surface area contributed by atoms with Gasteiger partial charge in [-0.1, -0.05) is 54.3 Å². The number of ether oxygens (including phenoxy) is 2. The van der Waals surface area contributed by atoms with Gasteiger partial charge in [0.1, 0.15) is 16.9 Å². The Kier molecular flexibility index (Phi) is 6.41. The third-order valence-electron chi connectivity index (χ3n) is 6.29. The van der Waals surface area contributed by atoms with Crippen LogP contribution in [0.5, 0.6) is 5.75 Å². The predicted octanol–water partition coefficient (Wildman–Crippen LogP) is 2.24. The summed E-state index contributed by atoms with van der Waals surface area (Å²) in [6.45, 7) is 6.55. The SMILES string of the molecule is C=CCOC(=O)C1=C(C)N=c2s/c(=C3\C(=O)N(C)c4ccccc43)c(=O)n2[C@@H]1c1ccc(OC(C)=O)cc1. The number of nitrogens with zero attached hydrogens (tertiary/aromatic N) is 3. The van der Waals surface area contributed by atoms with E-state index in [0.717, 1.165) is 11.3 Å². The summed E-state index contributed by atoms with van der Waals surface area (Å²) < 4.78 is 12.1. The van der Waals surface area contributed by atoms with Crippen molar-refractivity contribution < 1.29 is 23.9 Å². The minimum absolute atomic E-state index is 0.0140. The zero-order valence-corrected chi connectivity index (χ0v) is 21.7. The van der Waals surface area contributed by atoms with E-state index in [2.05, 4.69) is 11.6 Å². The van der Waals surface area contributed by atoms with Crippen molar-refractivity contribution in [3.63, 3.8) is 0 Å². The number of anilines is 1. The molecule has 3 aromatic rings. The second-order valence-corrected chi connectivity index (χ2v) is 9.69. The number of aromatic nitrogens is 1. The molecule has 9 nitrogen and oxygen atoms in total. The van der Waals surface area contributed by atoms with Crippen LogP contribution in [0.4, 0.5) is 5.69 Å². The molecule has 1 aromatic heterocycles. The van der Waals surface area contributed by atoms with Crippen LogP contribution < -0.4 is 24.5 Å². The molecule has 0 N–H and O–H groups in total. The number of allylic oxidation sites excluding steroid dienone is 1. The summed E-state index contributed by atoms with van der Waals surface area (Å²) in [5.74, 6) is -1.08. The molecule has 0 bridgehead atoms. The predicted molar refractivity (Wildman–Crippen MR) is 141 cm³/mol. The van der Waals surface area contributed by atoms with Crippen LogP contribution in [0.1, 0.15) is 31.0 Å².